The standard InChI is InChI=1S/C25H21F2N3O4S/c1-16-4-2-3-5-20(16)30-23(32)21(14-17-6-8-18(9-7-17)34-25(26)27)35-24(30)19(15-28)22(31)29-10-12-33-13-11-29/h2-9,14,25H,10-13H2,1H3/b21-14-,24-19+. The van der Waals surface area contributed by atoms with E-state index in [-0.39, 0.29) is 20.5 Å². The predicted molar refractivity (Wildman–Crippen MR) is 127 cm³/mol. The molecule has 1 amide bonds. The topological polar surface area (TPSA) is 84.6 Å². The lowest BCUT2D eigenvalue weighted by Crippen LogP contribution is -2.42. The van der Waals surface area contributed by atoms with Crippen LogP contribution in [-0.4, -0.2) is 48.3 Å². The molecule has 0 saturated carbocycles. The summed E-state index contributed by atoms with van der Waals surface area (Å²) in [4.78, 5) is 28.3. The number of hydrogen-bond donors (Lipinski definition) is 0. The molecule has 0 bridgehead atoms. The summed E-state index contributed by atoms with van der Waals surface area (Å²) in [6.07, 6.45) is 1.59. The van der Waals surface area contributed by atoms with Crippen LogP contribution in [0.5, 0.6) is 5.75 Å². The van der Waals surface area contributed by atoms with Gasteiger partial charge in [-0.3, -0.25) is 14.2 Å². The Balaban J connectivity index is 1.92. The van der Waals surface area contributed by atoms with Gasteiger partial charge in [-0.05, 0) is 42.3 Å². The van der Waals surface area contributed by atoms with Crippen molar-refractivity contribution in [2.75, 3.05) is 26.3 Å². The highest BCUT2D eigenvalue weighted by atomic mass is 32.1. The summed E-state index contributed by atoms with van der Waals surface area (Å²) in [5.41, 5.74) is 1.41. The van der Waals surface area contributed by atoms with Gasteiger partial charge in [0.1, 0.15) is 16.5 Å². The number of morpholine rings is 1. The number of aryl methyl sites for hydroxylation is 1. The number of rotatable bonds is 5. The molecule has 2 aromatic carbocycles. The molecule has 180 valence electrons. The van der Waals surface area contributed by atoms with Gasteiger partial charge in [0.15, 0.2) is 5.57 Å². The molecule has 1 aliphatic heterocycles. The maximum Gasteiger partial charge on any atom is 0.387 e. The van der Waals surface area contributed by atoms with Gasteiger partial charge in [-0.2, -0.15) is 14.0 Å². The summed E-state index contributed by atoms with van der Waals surface area (Å²) in [6, 6.07) is 15.0. The fourth-order valence-electron chi connectivity index (χ4n) is 3.69. The van der Waals surface area contributed by atoms with Crippen LogP contribution in [0.2, 0.25) is 0 Å². The Morgan fingerprint density at radius 1 is 1.17 bits per heavy atom. The Morgan fingerprint density at radius 3 is 2.49 bits per heavy atom. The molecule has 0 atom stereocenters. The van der Waals surface area contributed by atoms with Crippen LogP contribution in [0.3, 0.4) is 0 Å². The number of carbonyl (C=O) groups is 1. The predicted octanol–water partition coefficient (Wildman–Crippen LogP) is 2.17. The lowest BCUT2D eigenvalue weighted by Gasteiger charge is -2.26. The number of nitrogens with zero attached hydrogens (tertiary/aromatic N) is 3. The van der Waals surface area contributed by atoms with Crippen molar-refractivity contribution >= 4 is 28.9 Å². The van der Waals surface area contributed by atoms with Crippen LogP contribution >= 0.6 is 11.3 Å². The molecule has 10 heteroatoms. The minimum absolute atomic E-state index is 0.00227. The number of halogens is 2. The number of thiazole rings is 1. The quantitative estimate of drug-likeness (QED) is 0.540. The molecule has 35 heavy (non-hydrogen) atoms. The van der Waals surface area contributed by atoms with Gasteiger partial charge in [-0.1, -0.05) is 30.3 Å². The van der Waals surface area contributed by atoms with Crippen molar-refractivity contribution in [3.63, 3.8) is 0 Å². The Kier molecular flexibility index (Phi) is 7.39. The maximum atomic E-state index is 13.5. The van der Waals surface area contributed by atoms with Crippen LogP contribution in [0.15, 0.2) is 53.3 Å². The average Bonchev–Trinajstić information content (AvgIpc) is 3.16. The zero-order valence-electron chi connectivity index (χ0n) is 18.7. The molecule has 7 nitrogen and oxygen atoms in total. The molecule has 1 aliphatic rings. The average molecular weight is 498 g/mol. The molecule has 1 saturated heterocycles. The van der Waals surface area contributed by atoms with Gasteiger partial charge < -0.3 is 14.4 Å². The van der Waals surface area contributed by atoms with Gasteiger partial charge in [-0.25, -0.2) is 0 Å². The van der Waals surface area contributed by atoms with E-state index in [4.69, 9.17) is 4.74 Å². The molecule has 1 aromatic heterocycles. The van der Waals surface area contributed by atoms with Gasteiger partial charge in [0.2, 0.25) is 0 Å². The van der Waals surface area contributed by atoms with Gasteiger partial charge in [-0.15, -0.1) is 11.3 Å². The third-order valence-electron chi connectivity index (χ3n) is 5.42. The minimum atomic E-state index is -2.94. The van der Waals surface area contributed by atoms with Crippen molar-refractivity contribution < 1.29 is 23.0 Å². The van der Waals surface area contributed by atoms with E-state index in [2.05, 4.69) is 4.74 Å². The largest absolute Gasteiger partial charge is 0.435 e. The first-order chi connectivity index (χ1) is 16.9. The minimum Gasteiger partial charge on any atom is -0.435 e. The Hall–Kier alpha value is -3.81. The van der Waals surface area contributed by atoms with Crippen molar-refractivity contribution in [1.82, 2.24) is 9.47 Å². The fourth-order valence-corrected chi connectivity index (χ4v) is 4.78. The molecular formula is C25H21F2N3O4S. The molecule has 3 aromatic rings. The summed E-state index contributed by atoms with van der Waals surface area (Å²) in [6.45, 7) is 0.374. The van der Waals surface area contributed by atoms with Crippen LogP contribution in [-0.2, 0) is 9.53 Å². The third-order valence-corrected chi connectivity index (χ3v) is 6.51. The zero-order valence-corrected chi connectivity index (χ0v) is 19.6. The molecule has 1 fully saturated rings. The smallest absolute Gasteiger partial charge is 0.387 e. The van der Waals surface area contributed by atoms with E-state index in [1.165, 1.54) is 16.7 Å². The third kappa shape index (κ3) is 5.31. The molecule has 0 N–H and O–H groups in total. The van der Waals surface area contributed by atoms with Crippen LogP contribution in [0.25, 0.3) is 17.3 Å². The summed E-state index contributed by atoms with van der Waals surface area (Å²) in [5, 5.41) is 9.95. The van der Waals surface area contributed by atoms with E-state index in [0.29, 0.717) is 37.6 Å². The highest BCUT2D eigenvalue weighted by molar-refractivity contribution is 7.07. The lowest BCUT2D eigenvalue weighted by molar-refractivity contribution is -0.128. The number of ether oxygens (including phenoxy) is 2. The van der Waals surface area contributed by atoms with E-state index >= 15 is 0 Å². The van der Waals surface area contributed by atoms with Crippen molar-refractivity contribution in [1.29, 1.82) is 5.26 Å². The van der Waals surface area contributed by atoms with Crippen LogP contribution in [0, 0.1) is 18.3 Å². The van der Waals surface area contributed by atoms with Crippen LogP contribution in [0.1, 0.15) is 11.1 Å². The number of nitriles is 1. The summed E-state index contributed by atoms with van der Waals surface area (Å²) in [7, 11) is 0. The summed E-state index contributed by atoms with van der Waals surface area (Å²) >= 11 is 1.03. The summed E-state index contributed by atoms with van der Waals surface area (Å²) in [5.74, 6) is -0.461. The number of aromatic nitrogens is 1. The molecule has 0 aliphatic carbocycles. The van der Waals surface area contributed by atoms with Crippen LogP contribution < -0.4 is 19.5 Å². The summed E-state index contributed by atoms with van der Waals surface area (Å²) < 4.78 is 36.4. The maximum absolute atomic E-state index is 13.5. The molecule has 0 spiro atoms. The first-order valence-electron chi connectivity index (χ1n) is 10.7. The van der Waals surface area contributed by atoms with Crippen molar-refractivity contribution in [2.45, 2.75) is 13.5 Å². The normalized spacial score (nSPS) is 15.2. The lowest BCUT2D eigenvalue weighted by atomic mass is 10.2. The molecule has 0 unspecified atom stereocenters. The number of hydrogen-bond acceptors (Lipinski definition) is 6. The van der Waals surface area contributed by atoms with Crippen molar-refractivity contribution in [3.05, 3.63) is 79.2 Å². The zero-order chi connectivity index (χ0) is 24.9. The SMILES string of the molecule is Cc1ccccc1-n1c(=O)/c(=C/c2ccc(OC(F)F)cc2)s/c1=C(\C#N)C(=O)N1CCOCC1. The van der Waals surface area contributed by atoms with Crippen molar-refractivity contribution in [3.8, 4) is 17.5 Å². The van der Waals surface area contributed by atoms with E-state index < -0.39 is 18.1 Å². The van der Waals surface area contributed by atoms with Crippen LogP contribution in [0.4, 0.5) is 8.78 Å². The van der Waals surface area contributed by atoms with E-state index in [1.807, 2.05) is 25.1 Å². The van der Waals surface area contributed by atoms with Gasteiger partial charge >= 0.3 is 6.61 Å². The number of alkyl halides is 2. The number of amides is 1. The Morgan fingerprint density at radius 2 is 1.86 bits per heavy atom. The highest BCUT2D eigenvalue weighted by Crippen LogP contribution is 2.16. The van der Waals surface area contributed by atoms with E-state index in [0.717, 1.165) is 16.9 Å². The van der Waals surface area contributed by atoms with Gasteiger partial charge in [0, 0.05) is 13.1 Å². The second-order valence-corrected chi connectivity index (χ2v) is 8.71. The Labute approximate surface area is 203 Å². The first kappa shape index (κ1) is 24.3. The fraction of sp³-hybridized carbons (Fsp3) is 0.240. The molecular weight excluding hydrogens is 476 g/mol. The second-order valence-electron chi connectivity index (χ2n) is 7.68. The van der Waals surface area contributed by atoms with E-state index in [9.17, 15) is 23.6 Å². The molecule has 2 heterocycles. The molecule has 0 radical (unpaired) electrons. The number of benzene rings is 2. The number of carbonyl (C=O) groups excluding carboxylic acids is 1. The molecule has 4 rings (SSSR count). The van der Waals surface area contributed by atoms with E-state index in [1.54, 1.807) is 35.2 Å². The monoisotopic (exact) mass is 497 g/mol. The number of para-hydroxylation sites is 1. The highest BCUT2D eigenvalue weighted by Gasteiger charge is 2.24. The Bertz CT molecular complexity index is 1450. The second kappa shape index (κ2) is 10.6. The first-order valence-corrected chi connectivity index (χ1v) is 11.6. The van der Waals surface area contributed by atoms with Gasteiger partial charge in [0.25, 0.3) is 11.5 Å². The van der Waals surface area contributed by atoms with Crippen molar-refractivity contribution in [2.24, 2.45) is 0 Å². The van der Waals surface area contributed by atoms with Gasteiger partial charge in [0.05, 0.1) is 23.4 Å².